The lowest BCUT2D eigenvalue weighted by atomic mass is 10.1. The summed E-state index contributed by atoms with van der Waals surface area (Å²) in [7, 11) is -24.3. The van der Waals surface area contributed by atoms with Crippen LogP contribution in [-0.4, -0.2) is 92.7 Å². The van der Waals surface area contributed by atoms with Gasteiger partial charge in [0.05, 0.1) is 39.7 Å². The van der Waals surface area contributed by atoms with Crippen LogP contribution in [0.3, 0.4) is 0 Å². The monoisotopic (exact) mass is 910 g/mol. The molecule has 5 aromatic rings. The molecule has 1 heterocycles. The number of azo groups is 1. The fourth-order valence-electron chi connectivity index (χ4n) is 4.82. The predicted molar refractivity (Wildman–Crippen MR) is 197 cm³/mol. The Labute approximate surface area is 326 Å². The number of fused-ring (bicyclic) bond motifs is 1. The van der Waals surface area contributed by atoms with Gasteiger partial charge in [-0.2, -0.15) is 53.7 Å². The Hall–Kier alpha value is -5.21. The molecule has 0 bridgehead atoms. The molecule has 4 aromatic carbocycles. The number of anilines is 5. The smallest absolute Gasteiger partial charge is 0.397 e. The number of nitrogens with one attached hydrogen (secondary N) is 2. The van der Waals surface area contributed by atoms with Crippen LogP contribution in [0, 0.1) is 0 Å². The molecular weight excluding hydrogens is 888 g/mol. The van der Waals surface area contributed by atoms with Gasteiger partial charge < -0.3 is 21.5 Å². The largest absolute Gasteiger partial charge is 0.505 e. The van der Waals surface area contributed by atoms with Gasteiger partial charge in [0, 0.05) is 11.1 Å². The van der Waals surface area contributed by atoms with Crippen molar-refractivity contribution in [2.75, 3.05) is 28.7 Å². The van der Waals surface area contributed by atoms with Crippen molar-refractivity contribution in [2.45, 2.75) is 19.6 Å². The first-order valence-electron chi connectivity index (χ1n) is 14.7. The number of phenols is 1. The number of nitrogen functional groups attached to an aromatic ring is 1. The maximum absolute atomic E-state index is 12.5. The van der Waals surface area contributed by atoms with Gasteiger partial charge in [-0.25, -0.2) is 12.6 Å². The van der Waals surface area contributed by atoms with Gasteiger partial charge in [-0.15, -0.1) is 5.11 Å². The fourth-order valence-corrected chi connectivity index (χ4v) is 8.40. The van der Waals surface area contributed by atoms with Crippen molar-refractivity contribution in [3.63, 3.8) is 0 Å². The molecule has 0 atom stereocenters. The molecular formula is C27H23ClN8O16S5. The van der Waals surface area contributed by atoms with Crippen molar-refractivity contribution >= 4 is 113 Å². The van der Waals surface area contributed by atoms with Crippen LogP contribution in [0.25, 0.3) is 10.8 Å². The standard InChI is InChI=1S/C27H23ClN8O16S5/c28-25-32-26(30-14-3-7-20(17(29)11-14)55(43,44)45)34-27(33-25)31-18-6-8-19(54(40,41)42)16-12-21(56(46,47)48)23(24(37)22(16)18)36-35-13-1-4-15(5-2-13)53(38,39)10-9-52-57(49,50)51/h1-8,11-12,37H,9-10,29H2,(H,40,41,42)(H,43,44,45)(H,46,47,48)(H,49,50,51)(H2,30,31,32,33,34). The average Bonchev–Trinajstić information content (AvgIpc) is 3.05. The van der Waals surface area contributed by atoms with Crippen molar-refractivity contribution < 1.29 is 69.6 Å². The van der Waals surface area contributed by atoms with E-state index in [-0.39, 0.29) is 33.6 Å². The van der Waals surface area contributed by atoms with E-state index < -0.39 is 111 Å². The highest BCUT2D eigenvalue weighted by Gasteiger charge is 2.28. The van der Waals surface area contributed by atoms with Crippen LogP contribution < -0.4 is 16.4 Å². The topological polar surface area (TPSA) is 395 Å². The van der Waals surface area contributed by atoms with Crippen LogP contribution in [0.15, 0.2) is 90.5 Å². The maximum Gasteiger partial charge on any atom is 0.397 e. The minimum atomic E-state index is -5.36. The Balaban J connectivity index is 1.58. The summed E-state index contributed by atoms with van der Waals surface area (Å²) < 4.78 is 161. The molecule has 0 aliphatic rings. The van der Waals surface area contributed by atoms with Crippen molar-refractivity contribution in [3.8, 4) is 5.75 Å². The van der Waals surface area contributed by atoms with Crippen molar-refractivity contribution in [3.05, 3.63) is 65.9 Å². The Morgan fingerprint density at radius 1 is 0.702 bits per heavy atom. The van der Waals surface area contributed by atoms with Gasteiger partial charge in [-0.1, -0.05) is 0 Å². The zero-order chi connectivity index (χ0) is 42.3. The van der Waals surface area contributed by atoms with E-state index in [0.717, 1.165) is 48.5 Å². The summed E-state index contributed by atoms with van der Waals surface area (Å²) in [6.07, 6.45) is 0. The van der Waals surface area contributed by atoms with Gasteiger partial charge in [0.25, 0.3) is 30.4 Å². The highest BCUT2D eigenvalue weighted by molar-refractivity contribution is 7.91. The number of benzene rings is 4. The summed E-state index contributed by atoms with van der Waals surface area (Å²) in [6.45, 7) is -0.914. The third-order valence-corrected chi connectivity index (χ3v) is 12.2. The van der Waals surface area contributed by atoms with Gasteiger partial charge >= 0.3 is 10.4 Å². The van der Waals surface area contributed by atoms with E-state index in [1.165, 1.54) is 6.07 Å². The highest BCUT2D eigenvalue weighted by Crippen LogP contribution is 2.46. The molecule has 30 heteroatoms. The van der Waals surface area contributed by atoms with E-state index >= 15 is 0 Å². The number of halogens is 1. The summed E-state index contributed by atoms with van der Waals surface area (Å²) in [5.74, 6) is -2.73. The zero-order valence-corrected chi connectivity index (χ0v) is 32.5. The lowest BCUT2D eigenvalue weighted by molar-refractivity contribution is 0.284. The number of sulfone groups is 1. The number of nitrogens with two attached hydrogens (primary N) is 1. The summed E-state index contributed by atoms with van der Waals surface area (Å²) >= 11 is 6.07. The number of hydrogen-bond acceptors (Lipinski definition) is 20. The first kappa shape index (κ1) is 42.9. The van der Waals surface area contributed by atoms with Gasteiger partial charge in [-0.05, 0) is 72.3 Å². The number of rotatable bonds is 14. The van der Waals surface area contributed by atoms with Gasteiger partial charge in [0.2, 0.25) is 17.2 Å². The summed E-state index contributed by atoms with van der Waals surface area (Å²) in [4.78, 5) is 8.74. The number of aromatic hydroxyl groups is 1. The first-order valence-corrected chi connectivity index (χ1v) is 22.4. The molecule has 5 rings (SSSR count). The lowest BCUT2D eigenvalue weighted by Crippen LogP contribution is -2.15. The molecule has 24 nitrogen and oxygen atoms in total. The second kappa shape index (κ2) is 15.6. The second-order valence-corrected chi connectivity index (χ2v) is 18.8. The maximum atomic E-state index is 12.5. The quantitative estimate of drug-likeness (QED) is 0.0450. The Morgan fingerprint density at radius 3 is 1.84 bits per heavy atom. The van der Waals surface area contributed by atoms with Gasteiger partial charge in [0.1, 0.15) is 20.4 Å². The minimum Gasteiger partial charge on any atom is -0.505 e. The Kier molecular flexibility index (Phi) is 11.8. The van der Waals surface area contributed by atoms with E-state index in [1.807, 2.05) is 0 Å². The number of hydrogen-bond donors (Lipinski definition) is 8. The predicted octanol–water partition coefficient (Wildman–Crippen LogP) is 3.20. The van der Waals surface area contributed by atoms with Crippen LogP contribution in [-0.2, 0) is 54.8 Å². The van der Waals surface area contributed by atoms with E-state index in [1.54, 1.807) is 0 Å². The van der Waals surface area contributed by atoms with E-state index in [0.29, 0.717) is 6.07 Å². The summed E-state index contributed by atoms with van der Waals surface area (Å²) in [6, 6.07) is 9.71. The molecule has 57 heavy (non-hydrogen) atoms. The molecule has 0 aliphatic heterocycles. The summed E-state index contributed by atoms with van der Waals surface area (Å²) in [5.41, 5.74) is 4.00. The number of phenolic OH excluding ortho intramolecular Hbond substituents is 1. The normalized spacial score (nSPS) is 12.9. The molecule has 1 aromatic heterocycles. The third-order valence-electron chi connectivity index (χ3n) is 7.18. The number of nitrogens with zero attached hydrogens (tertiary/aromatic N) is 5. The molecule has 0 spiro atoms. The van der Waals surface area contributed by atoms with Crippen molar-refractivity contribution in [2.24, 2.45) is 10.2 Å². The van der Waals surface area contributed by atoms with Gasteiger partial charge in [-0.3, -0.25) is 18.2 Å². The molecule has 9 N–H and O–H groups in total. The Morgan fingerprint density at radius 2 is 1.28 bits per heavy atom. The molecule has 0 unspecified atom stereocenters. The summed E-state index contributed by atoms with van der Waals surface area (Å²) in [5, 5.41) is 22.5. The zero-order valence-electron chi connectivity index (χ0n) is 27.6. The molecule has 0 saturated carbocycles. The molecule has 304 valence electrons. The molecule has 0 radical (unpaired) electrons. The third kappa shape index (κ3) is 10.4. The number of aromatic nitrogens is 3. The average molecular weight is 911 g/mol. The van der Waals surface area contributed by atoms with E-state index in [4.69, 9.17) is 21.9 Å². The lowest BCUT2D eigenvalue weighted by Gasteiger charge is -2.16. The fraction of sp³-hybridized carbons (Fsp3) is 0.0741. The van der Waals surface area contributed by atoms with Crippen LogP contribution in [0.1, 0.15) is 0 Å². The molecule has 0 saturated heterocycles. The van der Waals surface area contributed by atoms with E-state index in [2.05, 4.69) is 40.0 Å². The van der Waals surface area contributed by atoms with Crippen molar-refractivity contribution in [1.82, 2.24) is 15.0 Å². The second-order valence-electron chi connectivity index (χ2n) is 11.0. The minimum absolute atomic E-state index is 0.100. The van der Waals surface area contributed by atoms with E-state index in [9.17, 15) is 60.9 Å². The SMILES string of the molecule is Nc1cc(Nc2nc(Cl)nc(Nc3ccc(S(=O)(=O)O)c4cc(S(=O)(=O)O)c(N=Nc5ccc(S(=O)(=O)CCOS(=O)(=O)O)cc5)c(O)c34)n2)ccc1S(=O)(=O)O. The van der Waals surface area contributed by atoms with Crippen molar-refractivity contribution in [1.29, 1.82) is 0 Å². The highest BCUT2D eigenvalue weighted by atomic mass is 35.5. The molecule has 0 amide bonds. The van der Waals surface area contributed by atoms with Crippen LogP contribution in [0.2, 0.25) is 5.28 Å². The van der Waals surface area contributed by atoms with Crippen LogP contribution in [0.5, 0.6) is 5.75 Å². The van der Waals surface area contributed by atoms with Gasteiger partial charge in [0.15, 0.2) is 15.6 Å². The first-order chi connectivity index (χ1) is 26.2. The molecule has 0 fully saturated rings. The molecule has 0 aliphatic carbocycles. The van der Waals surface area contributed by atoms with Crippen LogP contribution >= 0.6 is 11.6 Å². The Bertz CT molecular complexity index is 3040. The van der Waals surface area contributed by atoms with Crippen LogP contribution in [0.4, 0.5) is 40.3 Å².